The first-order valence-electron chi connectivity index (χ1n) is 13.6. The van der Waals surface area contributed by atoms with Crippen LogP contribution in [0.2, 0.25) is 0 Å². The van der Waals surface area contributed by atoms with Crippen molar-refractivity contribution in [3.8, 4) is 11.5 Å². The zero-order chi connectivity index (χ0) is 30.0. The van der Waals surface area contributed by atoms with Gasteiger partial charge in [-0.3, -0.25) is 13.9 Å². The number of benzene rings is 3. The highest BCUT2D eigenvalue weighted by Crippen LogP contribution is 2.33. The Morgan fingerprint density at radius 1 is 0.976 bits per heavy atom. The molecule has 0 fully saturated rings. The van der Waals surface area contributed by atoms with E-state index in [9.17, 15) is 18.0 Å². The first-order valence-corrected chi connectivity index (χ1v) is 15.1. The second-order valence-electron chi connectivity index (χ2n) is 9.57. The molecule has 0 aliphatic rings. The molecule has 3 aromatic carbocycles. The van der Waals surface area contributed by atoms with Crippen LogP contribution in [0.5, 0.6) is 11.5 Å². The molecule has 10 heteroatoms. The van der Waals surface area contributed by atoms with E-state index in [2.05, 4.69) is 5.32 Å². The number of sulfonamides is 1. The van der Waals surface area contributed by atoms with Crippen LogP contribution >= 0.6 is 0 Å². The number of aryl methyl sites for hydroxylation is 1. The van der Waals surface area contributed by atoms with Crippen molar-refractivity contribution in [2.75, 3.05) is 31.1 Å². The van der Waals surface area contributed by atoms with Crippen LogP contribution in [0, 0.1) is 6.92 Å². The van der Waals surface area contributed by atoms with Gasteiger partial charge in [-0.15, -0.1) is 0 Å². The Labute approximate surface area is 243 Å². The Kier molecular flexibility index (Phi) is 11.2. The fraction of sp³-hybridized carbons (Fsp3) is 0.355. The maximum atomic E-state index is 14.1. The van der Waals surface area contributed by atoms with Gasteiger partial charge in [-0.05, 0) is 69.2 Å². The van der Waals surface area contributed by atoms with Crippen LogP contribution in [0.15, 0.2) is 77.7 Å². The van der Waals surface area contributed by atoms with Crippen molar-refractivity contribution in [2.24, 2.45) is 0 Å². The van der Waals surface area contributed by atoms with Gasteiger partial charge in [0.05, 0.1) is 24.3 Å². The van der Waals surface area contributed by atoms with E-state index in [1.807, 2.05) is 19.9 Å². The molecule has 3 aromatic rings. The molecule has 0 aliphatic carbocycles. The molecule has 220 valence electrons. The first kappa shape index (κ1) is 31.5. The summed E-state index contributed by atoms with van der Waals surface area (Å²) in [7, 11) is -2.65. The number of hydrogen-bond donors (Lipinski definition) is 1. The minimum atomic E-state index is -4.20. The number of carbonyl (C=O) groups is 2. The molecule has 0 saturated heterocycles. The van der Waals surface area contributed by atoms with Crippen molar-refractivity contribution < 1.29 is 27.5 Å². The number of hydrogen-bond acceptors (Lipinski definition) is 6. The Bertz CT molecular complexity index is 1430. The van der Waals surface area contributed by atoms with Crippen LogP contribution in [-0.4, -0.2) is 58.0 Å². The zero-order valence-electron chi connectivity index (χ0n) is 24.3. The van der Waals surface area contributed by atoms with Crippen molar-refractivity contribution >= 4 is 27.5 Å². The maximum Gasteiger partial charge on any atom is 0.264 e. The van der Waals surface area contributed by atoms with Gasteiger partial charge >= 0.3 is 0 Å². The van der Waals surface area contributed by atoms with Crippen molar-refractivity contribution in [2.45, 2.75) is 51.6 Å². The summed E-state index contributed by atoms with van der Waals surface area (Å²) in [5.41, 5.74) is 1.86. The predicted molar refractivity (Wildman–Crippen MR) is 160 cm³/mol. The molecule has 9 nitrogen and oxygen atoms in total. The van der Waals surface area contributed by atoms with Crippen molar-refractivity contribution in [3.63, 3.8) is 0 Å². The highest BCUT2D eigenvalue weighted by Gasteiger charge is 2.33. The smallest absolute Gasteiger partial charge is 0.264 e. The Hall–Kier alpha value is -4.05. The van der Waals surface area contributed by atoms with E-state index in [1.54, 1.807) is 75.6 Å². The summed E-state index contributed by atoms with van der Waals surface area (Å²) in [5.74, 6) is 0.0542. The van der Waals surface area contributed by atoms with E-state index in [1.165, 1.54) is 17.0 Å². The van der Waals surface area contributed by atoms with Gasteiger partial charge < -0.3 is 19.7 Å². The van der Waals surface area contributed by atoms with E-state index < -0.39 is 28.5 Å². The number of ether oxygens (including phenoxy) is 2. The van der Waals surface area contributed by atoms with Gasteiger partial charge in [-0.2, -0.15) is 0 Å². The molecule has 0 unspecified atom stereocenters. The minimum absolute atomic E-state index is 0.0373. The van der Waals surface area contributed by atoms with Gasteiger partial charge in [0.15, 0.2) is 0 Å². The van der Waals surface area contributed by atoms with E-state index in [-0.39, 0.29) is 23.0 Å². The number of anilines is 1. The molecule has 0 radical (unpaired) electrons. The summed E-state index contributed by atoms with van der Waals surface area (Å²) in [6.45, 7) is 7.53. The molecule has 2 amide bonds. The molecular formula is C31H39N3O6S. The third-order valence-electron chi connectivity index (χ3n) is 6.53. The monoisotopic (exact) mass is 581 g/mol. The molecule has 0 heterocycles. The fourth-order valence-electron chi connectivity index (χ4n) is 4.24. The molecule has 0 spiro atoms. The van der Waals surface area contributed by atoms with Crippen molar-refractivity contribution in [3.05, 3.63) is 83.9 Å². The van der Waals surface area contributed by atoms with Crippen LogP contribution in [0.3, 0.4) is 0 Å². The summed E-state index contributed by atoms with van der Waals surface area (Å²) in [5, 5.41) is 2.84. The number of amides is 2. The normalized spacial score (nSPS) is 11.8. The van der Waals surface area contributed by atoms with Crippen LogP contribution in [0.1, 0.15) is 38.3 Å². The lowest BCUT2D eigenvalue weighted by atomic mass is 10.1. The largest absolute Gasteiger partial charge is 0.497 e. The predicted octanol–water partition coefficient (Wildman–Crippen LogP) is 4.54. The number of nitrogens with one attached hydrogen (secondary N) is 1. The second-order valence-corrected chi connectivity index (χ2v) is 11.4. The Morgan fingerprint density at radius 2 is 1.68 bits per heavy atom. The van der Waals surface area contributed by atoms with Crippen molar-refractivity contribution in [1.82, 2.24) is 10.2 Å². The van der Waals surface area contributed by atoms with E-state index in [4.69, 9.17) is 9.47 Å². The molecule has 1 atom stereocenters. The first-order chi connectivity index (χ1) is 19.6. The Morgan fingerprint density at radius 3 is 2.34 bits per heavy atom. The standard InChI is InChI=1S/C31H39N3O6S/c1-6-19-32-31(36)24(4)33(21-25-11-10-12-26(20-25)39-5)30(35)22-34(28-13-8-9-14-29(28)40-7-2)41(37,38)27-17-15-23(3)16-18-27/h8-18,20,24H,6-7,19,21-22H2,1-5H3,(H,32,36)/t24-/m1/s1. The molecule has 0 aromatic heterocycles. The molecule has 0 saturated carbocycles. The number of nitrogens with zero attached hydrogens (tertiary/aromatic N) is 2. The quantitative estimate of drug-likeness (QED) is 0.300. The molecule has 1 N–H and O–H groups in total. The third kappa shape index (κ3) is 8.00. The number of carbonyl (C=O) groups excluding carboxylic acids is 2. The molecule has 0 bridgehead atoms. The topological polar surface area (TPSA) is 105 Å². The summed E-state index contributed by atoms with van der Waals surface area (Å²) < 4.78 is 40.2. The van der Waals surface area contributed by atoms with Gasteiger partial charge in [-0.25, -0.2) is 8.42 Å². The van der Waals surface area contributed by atoms with Crippen molar-refractivity contribution in [1.29, 1.82) is 0 Å². The average molecular weight is 582 g/mol. The summed E-state index contributed by atoms with van der Waals surface area (Å²) in [6.07, 6.45) is 0.735. The van der Waals surface area contributed by atoms with Gasteiger partial charge in [0.1, 0.15) is 24.1 Å². The van der Waals surface area contributed by atoms with E-state index in [0.717, 1.165) is 21.9 Å². The molecule has 3 rings (SSSR count). The third-order valence-corrected chi connectivity index (χ3v) is 8.30. The number of methoxy groups -OCH3 is 1. The van der Waals surface area contributed by atoms with Gasteiger partial charge in [-0.1, -0.05) is 48.9 Å². The van der Waals surface area contributed by atoms with Crippen LogP contribution in [0.25, 0.3) is 0 Å². The molecule has 0 aliphatic heterocycles. The summed E-state index contributed by atoms with van der Waals surface area (Å²) in [6, 6.07) is 19.5. The van der Waals surface area contributed by atoms with Crippen LogP contribution in [0.4, 0.5) is 5.69 Å². The van der Waals surface area contributed by atoms with Gasteiger partial charge in [0.25, 0.3) is 10.0 Å². The Balaban J connectivity index is 2.08. The second kappa shape index (κ2) is 14.5. The van der Waals surface area contributed by atoms with E-state index >= 15 is 0 Å². The van der Waals surface area contributed by atoms with Gasteiger partial charge in [0.2, 0.25) is 11.8 Å². The van der Waals surface area contributed by atoms with Gasteiger partial charge in [0, 0.05) is 13.1 Å². The highest BCUT2D eigenvalue weighted by atomic mass is 32.2. The lowest BCUT2D eigenvalue weighted by molar-refractivity contribution is -0.139. The fourth-order valence-corrected chi connectivity index (χ4v) is 5.66. The lowest BCUT2D eigenvalue weighted by Crippen LogP contribution is -2.51. The maximum absolute atomic E-state index is 14.1. The molecular weight excluding hydrogens is 542 g/mol. The van der Waals surface area contributed by atoms with Crippen LogP contribution in [-0.2, 0) is 26.2 Å². The SMILES string of the molecule is CCCNC(=O)[C@@H](C)N(Cc1cccc(OC)c1)C(=O)CN(c1ccccc1OCC)S(=O)(=O)c1ccc(C)cc1. The van der Waals surface area contributed by atoms with E-state index in [0.29, 0.717) is 24.7 Å². The lowest BCUT2D eigenvalue weighted by Gasteiger charge is -2.32. The minimum Gasteiger partial charge on any atom is -0.497 e. The number of para-hydroxylation sites is 2. The summed E-state index contributed by atoms with van der Waals surface area (Å²) >= 11 is 0. The zero-order valence-corrected chi connectivity index (χ0v) is 25.1. The van der Waals surface area contributed by atoms with Crippen LogP contribution < -0.4 is 19.1 Å². The average Bonchev–Trinajstić information content (AvgIpc) is 2.97. The number of rotatable bonds is 14. The highest BCUT2D eigenvalue weighted by molar-refractivity contribution is 7.92. The molecule has 41 heavy (non-hydrogen) atoms. The summed E-state index contributed by atoms with van der Waals surface area (Å²) in [4.78, 5) is 28.5.